The van der Waals surface area contributed by atoms with E-state index in [4.69, 9.17) is 9.47 Å². The number of rotatable bonds is 7. The molecule has 0 saturated carbocycles. The average Bonchev–Trinajstić information content (AvgIpc) is 2.73. The van der Waals surface area contributed by atoms with E-state index >= 15 is 0 Å². The second kappa shape index (κ2) is 9.12. The first-order valence-electron chi connectivity index (χ1n) is 9.50. The maximum atomic E-state index is 13.0. The summed E-state index contributed by atoms with van der Waals surface area (Å²) in [6, 6.07) is 9.44. The first kappa shape index (κ1) is 21.6. The van der Waals surface area contributed by atoms with E-state index in [1.807, 2.05) is 6.92 Å². The molecule has 1 heterocycles. The first-order chi connectivity index (χ1) is 14.8. The van der Waals surface area contributed by atoms with E-state index in [-0.39, 0.29) is 22.4 Å². The topological polar surface area (TPSA) is 122 Å². The Hall–Kier alpha value is -4.14. The fourth-order valence-corrected chi connectivity index (χ4v) is 2.99. The van der Waals surface area contributed by atoms with Gasteiger partial charge in [-0.2, -0.15) is 0 Å². The molecular formula is C22H20N2O7. The van der Waals surface area contributed by atoms with Gasteiger partial charge in [0.1, 0.15) is 17.1 Å². The third-order valence-corrected chi connectivity index (χ3v) is 4.36. The zero-order valence-corrected chi connectivity index (χ0v) is 16.9. The molecule has 3 rings (SSSR count). The third-order valence-electron chi connectivity index (χ3n) is 4.36. The van der Waals surface area contributed by atoms with Gasteiger partial charge >= 0.3 is 12.0 Å². The normalized spacial score (nSPS) is 15.1. The summed E-state index contributed by atoms with van der Waals surface area (Å²) in [5.41, 5.74) is 0.0882. The molecule has 1 saturated heterocycles. The highest BCUT2D eigenvalue weighted by atomic mass is 16.5. The van der Waals surface area contributed by atoms with Crippen molar-refractivity contribution in [2.24, 2.45) is 0 Å². The highest BCUT2D eigenvalue weighted by molar-refractivity contribution is 6.39. The largest absolute Gasteiger partial charge is 0.494 e. The quantitative estimate of drug-likeness (QED) is 0.518. The van der Waals surface area contributed by atoms with Gasteiger partial charge in [0, 0.05) is 5.56 Å². The van der Waals surface area contributed by atoms with E-state index in [0.29, 0.717) is 24.7 Å². The molecule has 0 atom stereocenters. The SMILES string of the molecule is CCOc1ccc(N2C(=O)NC(=O)C(=Cc3cc(C(=O)O)ccc3OCC)C2=O)cc1. The summed E-state index contributed by atoms with van der Waals surface area (Å²) >= 11 is 0. The highest BCUT2D eigenvalue weighted by Gasteiger charge is 2.37. The summed E-state index contributed by atoms with van der Waals surface area (Å²) in [5.74, 6) is -2.05. The lowest BCUT2D eigenvalue weighted by Crippen LogP contribution is -2.54. The van der Waals surface area contributed by atoms with Gasteiger partial charge in [-0.05, 0) is 62.4 Å². The van der Waals surface area contributed by atoms with Crippen LogP contribution in [0.1, 0.15) is 29.8 Å². The summed E-state index contributed by atoms with van der Waals surface area (Å²) in [7, 11) is 0. The van der Waals surface area contributed by atoms with Crippen LogP contribution in [0.3, 0.4) is 0 Å². The number of barbiturate groups is 1. The maximum Gasteiger partial charge on any atom is 0.335 e. The minimum Gasteiger partial charge on any atom is -0.494 e. The second-order valence-corrected chi connectivity index (χ2v) is 6.38. The number of hydrogen-bond donors (Lipinski definition) is 2. The Kier molecular flexibility index (Phi) is 6.35. The molecule has 0 radical (unpaired) electrons. The summed E-state index contributed by atoms with van der Waals surface area (Å²) in [5, 5.41) is 11.4. The molecule has 2 aromatic carbocycles. The number of carbonyl (C=O) groups excluding carboxylic acids is 3. The zero-order chi connectivity index (χ0) is 22.5. The van der Waals surface area contributed by atoms with Crippen LogP contribution in [0.2, 0.25) is 0 Å². The monoisotopic (exact) mass is 424 g/mol. The molecule has 31 heavy (non-hydrogen) atoms. The Bertz CT molecular complexity index is 1070. The van der Waals surface area contributed by atoms with Crippen molar-refractivity contribution in [2.75, 3.05) is 18.1 Å². The lowest BCUT2D eigenvalue weighted by atomic mass is 10.0. The van der Waals surface area contributed by atoms with Crippen LogP contribution >= 0.6 is 0 Å². The van der Waals surface area contributed by atoms with Crippen molar-refractivity contribution in [3.05, 3.63) is 59.2 Å². The number of carboxylic acid groups (broad SMARTS) is 1. The van der Waals surface area contributed by atoms with Crippen molar-refractivity contribution in [3.63, 3.8) is 0 Å². The fourth-order valence-electron chi connectivity index (χ4n) is 2.99. The third kappa shape index (κ3) is 4.55. The molecule has 9 nitrogen and oxygen atoms in total. The Labute approximate surface area is 177 Å². The van der Waals surface area contributed by atoms with Crippen molar-refractivity contribution in [1.29, 1.82) is 0 Å². The van der Waals surface area contributed by atoms with Crippen LogP contribution in [-0.4, -0.2) is 42.1 Å². The lowest BCUT2D eigenvalue weighted by molar-refractivity contribution is -0.122. The molecule has 2 aromatic rings. The Morgan fingerprint density at radius 3 is 2.32 bits per heavy atom. The summed E-state index contributed by atoms with van der Waals surface area (Å²) in [6.45, 7) is 4.32. The van der Waals surface area contributed by atoms with Crippen LogP contribution < -0.4 is 19.7 Å². The lowest BCUT2D eigenvalue weighted by Gasteiger charge is -2.26. The van der Waals surface area contributed by atoms with Gasteiger partial charge in [-0.15, -0.1) is 0 Å². The molecule has 0 unspecified atom stereocenters. The van der Waals surface area contributed by atoms with E-state index < -0.39 is 23.8 Å². The van der Waals surface area contributed by atoms with E-state index in [9.17, 15) is 24.3 Å². The molecule has 0 aromatic heterocycles. The highest BCUT2D eigenvalue weighted by Crippen LogP contribution is 2.27. The Morgan fingerprint density at radius 1 is 1.03 bits per heavy atom. The van der Waals surface area contributed by atoms with E-state index in [0.717, 1.165) is 4.90 Å². The van der Waals surface area contributed by atoms with Gasteiger partial charge in [0.2, 0.25) is 0 Å². The minimum atomic E-state index is -1.17. The second-order valence-electron chi connectivity index (χ2n) is 6.38. The van der Waals surface area contributed by atoms with Crippen molar-refractivity contribution < 1.29 is 33.8 Å². The van der Waals surface area contributed by atoms with Gasteiger partial charge in [-0.3, -0.25) is 14.9 Å². The van der Waals surface area contributed by atoms with Crippen molar-refractivity contribution >= 4 is 35.6 Å². The fraction of sp³-hybridized carbons (Fsp3) is 0.182. The standard InChI is InChI=1S/C22H20N2O7/c1-3-30-16-8-6-15(7-9-16)24-20(26)17(19(25)23-22(24)29)12-14-11-13(21(27)28)5-10-18(14)31-4-2/h5-12H,3-4H2,1-2H3,(H,27,28)(H,23,25,29). The predicted molar refractivity (Wildman–Crippen MR) is 111 cm³/mol. The molecule has 0 spiro atoms. The molecular weight excluding hydrogens is 404 g/mol. The van der Waals surface area contributed by atoms with Gasteiger partial charge in [0.25, 0.3) is 11.8 Å². The number of urea groups is 1. The van der Waals surface area contributed by atoms with Crippen LogP contribution in [0.15, 0.2) is 48.0 Å². The van der Waals surface area contributed by atoms with Gasteiger partial charge in [-0.25, -0.2) is 14.5 Å². The number of hydrogen-bond acceptors (Lipinski definition) is 6. The van der Waals surface area contributed by atoms with Crippen LogP contribution in [0.5, 0.6) is 11.5 Å². The van der Waals surface area contributed by atoms with E-state index in [1.54, 1.807) is 19.1 Å². The van der Waals surface area contributed by atoms with Crippen LogP contribution in [0.25, 0.3) is 6.08 Å². The van der Waals surface area contributed by atoms with Crippen molar-refractivity contribution in [2.45, 2.75) is 13.8 Å². The number of ether oxygens (including phenoxy) is 2. The van der Waals surface area contributed by atoms with Crippen molar-refractivity contribution in [3.8, 4) is 11.5 Å². The average molecular weight is 424 g/mol. The Morgan fingerprint density at radius 2 is 1.71 bits per heavy atom. The first-order valence-corrected chi connectivity index (χ1v) is 9.50. The van der Waals surface area contributed by atoms with E-state index in [1.165, 1.54) is 36.4 Å². The van der Waals surface area contributed by atoms with Crippen LogP contribution in [0, 0.1) is 0 Å². The number of nitrogens with zero attached hydrogens (tertiary/aromatic N) is 1. The molecule has 160 valence electrons. The predicted octanol–water partition coefficient (Wildman–Crippen LogP) is 2.85. The molecule has 0 aliphatic carbocycles. The van der Waals surface area contributed by atoms with Gasteiger partial charge in [0.15, 0.2) is 0 Å². The number of nitrogens with one attached hydrogen (secondary N) is 1. The molecule has 1 fully saturated rings. The van der Waals surface area contributed by atoms with Crippen LogP contribution in [-0.2, 0) is 9.59 Å². The Balaban J connectivity index is 2.02. The smallest absolute Gasteiger partial charge is 0.335 e. The van der Waals surface area contributed by atoms with E-state index in [2.05, 4.69) is 5.32 Å². The van der Waals surface area contributed by atoms with Gasteiger partial charge in [0.05, 0.1) is 24.5 Å². The molecule has 9 heteroatoms. The number of carboxylic acids is 1. The number of benzene rings is 2. The zero-order valence-electron chi connectivity index (χ0n) is 16.9. The maximum absolute atomic E-state index is 13.0. The van der Waals surface area contributed by atoms with Gasteiger partial charge < -0.3 is 14.6 Å². The molecule has 1 aliphatic rings. The molecule has 0 bridgehead atoms. The summed E-state index contributed by atoms with van der Waals surface area (Å²) < 4.78 is 10.8. The minimum absolute atomic E-state index is 0.0431. The summed E-state index contributed by atoms with van der Waals surface area (Å²) in [4.78, 5) is 49.9. The number of amides is 4. The van der Waals surface area contributed by atoms with Crippen LogP contribution in [0.4, 0.5) is 10.5 Å². The van der Waals surface area contributed by atoms with Crippen molar-refractivity contribution in [1.82, 2.24) is 5.32 Å². The number of imide groups is 2. The molecule has 1 aliphatic heterocycles. The number of aromatic carboxylic acids is 1. The van der Waals surface area contributed by atoms with Gasteiger partial charge in [-0.1, -0.05) is 0 Å². The molecule has 4 amide bonds. The number of anilines is 1. The molecule has 2 N–H and O–H groups in total. The number of carbonyl (C=O) groups is 4. The summed E-state index contributed by atoms with van der Waals surface area (Å²) in [6.07, 6.45) is 1.21.